The van der Waals surface area contributed by atoms with E-state index >= 15 is 0 Å². The number of likely N-dealkylation sites (tertiary alicyclic amines) is 1. The van der Waals surface area contributed by atoms with Gasteiger partial charge in [-0.15, -0.1) is 11.3 Å². The summed E-state index contributed by atoms with van der Waals surface area (Å²) in [5, 5.41) is 0.0118. The zero-order valence-corrected chi connectivity index (χ0v) is 10.7. The number of thiazole rings is 1. The molecule has 3 rings (SSSR count). The Hall–Kier alpha value is -0.550. The molecule has 0 saturated carbocycles. The van der Waals surface area contributed by atoms with Crippen LogP contribution in [-0.2, 0) is 12.8 Å². The Kier molecular flexibility index (Phi) is 2.70. The van der Waals surface area contributed by atoms with Gasteiger partial charge >= 0.3 is 0 Å². The number of aromatic nitrogens is 1. The zero-order valence-electron chi connectivity index (χ0n) is 9.88. The highest BCUT2D eigenvalue weighted by Gasteiger charge is 2.41. The fourth-order valence-electron chi connectivity index (χ4n) is 2.98. The number of halogens is 2. The number of nitrogens with zero attached hydrogens (tertiary/aromatic N) is 2. The molecule has 0 aromatic carbocycles. The lowest BCUT2D eigenvalue weighted by atomic mass is 9.76. The first-order valence-corrected chi connectivity index (χ1v) is 6.85. The minimum Gasteiger partial charge on any atom is -0.306 e. The molecule has 1 aliphatic carbocycles. The second-order valence-electron chi connectivity index (χ2n) is 5.38. The molecular weight excluding hydrogens is 242 g/mol. The van der Waals surface area contributed by atoms with E-state index in [1.807, 2.05) is 0 Å². The molecule has 2 heterocycles. The number of alkyl halides is 2. The van der Waals surface area contributed by atoms with Gasteiger partial charge in [0.25, 0.3) is 6.43 Å². The Balaban J connectivity index is 1.77. The van der Waals surface area contributed by atoms with Crippen molar-refractivity contribution in [3.05, 3.63) is 15.6 Å². The van der Waals surface area contributed by atoms with E-state index in [-0.39, 0.29) is 5.01 Å². The number of hydrogen-bond acceptors (Lipinski definition) is 3. The van der Waals surface area contributed by atoms with Crippen molar-refractivity contribution in [2.45, 2.75) is 32.1 Å². The van der Waals surface area contributed by atoms with Crippen LogP contribution in [0.1, 0.15) is 34.8 Å². The van der Waals surface area contributed by atoms with Crippen molar-refractivity contribution in [3.8, 4) is 0 Å². The van der Waals surface area contributed by atoms with E-state index in [9.17, 15) is 8.78 Å². The van der Waals surface area contributed by atoms with Gasteiger partial charge in [-0.1, -0.05) is 0 Å². The molecule has 1 aliphatic heterocycles. The van der Waals surface area contributed by atoms with E-state index in [1.54, 1.807) is 0 Å². The van der Waals surface area contributed by atoms with Crippen LogP contribution in [0.25, 0.3) is 0 Å². The monoisotopic (exact) mass is 258 g/mol. The summed E-state index contributed by atoms with van der Waals surface area (Å²) in [5.74, 6) is 0. The highest BCUT2D eigenvalue weighted by Crippen LogP contribution is 2.46. The number of rotatable bonds is 1. The van der Waals surface area contributed by atoms with Crippen molar-refractivity contribution in [3.63, 3.8) is 0 Å². The second-order valence-corrected chi connectivity index (χ2v) is 6.49. The Bertz CT molecular complexity index is 397. The molecule has 1 fully saturated rings. The van der Waals surface area contributed by atoms with Gasteiger partial charge in [0.1, 0.15) is 0 Å². The van der Waals surface area contributed by atoms with Gasteiger partial charge in [-0.25, -0.2) is 13.8 Å². The molecule has 0 atom stereocenters. The average molecular weight is 258 g/mol. The predicted octanol–water partition coefficient (Wildman–Crippen LogP) is 2.89. The van der Waals surface area contributed by atoms with Crippen molar-refractivity contribution < 1.29 is 8.78 Å². The van der Waals surface area contributed by atoms with Crippen LogP contribution in [0.2, 0.25) is 0 Å². The minimum absolute atomic E-state index is 0.0118. The molecule has 0 radical (unpaired) electrons. The molecule has 2 aliphatic rings. The van der Waals surface area contributed by atoms with E-state index in [2.05, 4.69) is 16.9 Å². The van der Waals surface area contributed by atoms with Crippen molar-refractivity contribution in [1.82, 2.24) is 9.88 Å². The summed E-state index contributed by atoms with van der Waals surface area (Å²) in [7, 11) is 2.14. The number of hydrogen-bond donors (Lipinski definition) is 0. The van der Waals surface area contributed by atoms with Crippen LogP contribution in [0.5, 0.6) is 0 Å². The van der Waals surface area contributed by atoms with Crippen LogP contribution in [-0.4, -0.2) is 30.0 Å². The third-order valence-electron chi connectivity index (χ3n) is 4.11. The molecule has 0 N–H and O–H groups in total. The summed E-state index contributed by atoms with van der Waals surface area (Å²) < 4.78 is 25.1. The maximum absolute atomic E-state index is 12.5. The molecule has 0 bridgehead atoms. The first-order valence-electron chi connectivity index (χ1n) is 6.03. The van der Waals surface area contributed by atoms with Crippen LogP contribution in [0.15, 0.2) is 0 Å². The van der Waals surface area contributed by atoms with Crippen LogP contribution in [0.4, 0.5) is 8.78 Å². The highest BCUT2D eigenvalue weighted by molar-refractivity contribution is 7.11. The third kappa shape index (κ3) is 1.99. The first-order chi connectivity index (χ1) is 8.08. The van der Waals surface area contributed by atoms with Crippen LogP contribution >= 0.6 is 11.3 Å². The Morgan fingerprint density at radius 1 is 1.29 bits per heavy atom. The van der Waals surface area contributed by atoms with Gasteiger partial charge in [0.2, 0.25) is 0 Å². The molecule has 1 saturated heterocycles. The second kappa shape index (κ2) is 3.99. The van der Waals surface area contributed by atoms with Gasteiger partial charge in [0.05, 0.1) is 5.69 Å². The SMILES string of the molecule is CN1CCC2(CC1)Cc1nc(C(F)F)sc1C2. The normalized spacial score (nSPS) is 23.5. The maximum Gasteiger partial charge on any atom is 0.289 e. The fraction of sp³-hybridized carbons (Fsp3) is 0.750. The van der Waals surface area contributed by atoms with E-state index in [4.69, 9.17) is 0 Å². The minimum atomic E-state index is -2.40. The summed E-state index contributed by atoms with van der Waals surface area (Å²) in [5.41, 5.74) is 1.29. The summed E-state index contributed by atoms with van der Waals surface area (Å²) in [6, 6.07) is 0. The zero-order chi connectivity index (χ0) is 12.0. The van der Waals surface area contributed by atoms with Gasteiger partial charge in [-0.2, -0.15) is 0 Å². The summed E-state index contributed by atoms with van der Waals surface area (Å²) in [4.78, 5) is 7.57. The molecular formula is C12H16F2N2S. The standard InChI is InChI=1S/C12H16F2N2S/c1-16-4-2-12(3-5-16)6-8-9(7-12)17-11(15-8)10(13)14/h10H,2-7H2,1H3. The lowest BCUT2D eigenvalue weighted by Crippen LogP contribution is -2.38. The largest absolute Gasteiger partial charge is 0.306 e. The summed E-state index contributed by atoms with van der Waals surface area (Å²) in [6.07, 6.45) is 1.84. The maximum atomic E-state index is 12.5. The van der Waals surface area contributed by atoms with E-state index < -0.39 is 6.43 Å². The van der Waals surface area contributed by atoms with Crippen LogP contribution in [0, 0.1) is 5.41 Å². The molecule has 2 nitrogen and oxygen atoms in total. The molecule has 1 aromatic heterocycles. The predicted molar refractivity (Wildman–Crippen MR) is 63.6 cm³/mol. The summed E-state index contributed by atoms with van der Waals surface area (Å²) in [6.45, 7) is 2.24. The van der Waals surface area contributed by atoms with Crippen LogP contribution in [0.3, 0.4) is 0 Å². The van der Waals surface area contributed by atoms with Gasteiger partial charge in [-0.05, 0) is 51.2 Å². The molecule has 0 unspecified atom stereocenters. The molecule has 0 amide bonds. The molecule has 5 heteroatoms. The Labute approximate surface area is 104 Å². The molecule has 1 spiro atoms. The Morgan fingerprint density at radius 2 is 2.00 bits per heavy atom. The highest BCUT2D eigenvalue weighted by atomic mass is 32.1. The van der Waals surface area contributed by atoms with Crippen molar-refractivity contribution in [1.29, 1.82) is 0 Å². The average Bonchev–Trinajstić information content (AvgIpc) is 2.78. The fourth-order valence-corrected chi connectivity index (χ4v) is 4.09. The summed E-state index contributed by atoms with van der Waals surface area (Å²) >= 11 is 1.22. The first kappa shape index (κ1) is 11.5. The van der Waals surface area contributed by atoms with Crippen molar-refractivity contribution in [2.75, 3.05) is 20.1 Å². The van der Waals surface area contributed by atoms with Gasteiger partial charge < -0.3 is 4.90 Å². The third-order valence-corrected chi connectivity index (χ3v) is 5.21. The Morgan fingerprint density at radius 3 is 2.59 bits per heavy atom. The number of piperidine rings is 1. The van der Waals surface area contributed by atoms with E-state index in [0.717, 1.165) is 36.5 Å². The quantitative estimate of drug-likeness (QED) is 0.770. The van der Waals surface area contributed by atoms with Gasteiger partial charge in [0, 0.05) is 4.88 Å². The topological polar surface area (TPSA) is 16.1 Å². The smallest absolute Gasteiger partial charge is 0.289 e. The van der Waals surface area contributed by atoms with Gasteiger partial charge in [0.15, 0.2) is 5.01 Å². The van der Waals surface area contributed by atoms with Gasteiger partial charge in [-0.3, -0.25) is 0 Å². The van der Waals surface area contributed by atoms with E-state index in [0.29, 0.717) is 5.41 Å². The van der Waals surface area contributed by atoms with Crippen molar-refractivity contribution >= 4 is 11.3 Å². The van der Waals surface area contributed by atoms with Crippen LogP contribution < -0.4 is 0 Å². The van der Waals surface area contributed by atoms with E-state index in [1.165, 1.54) is 24.2 Å². The molecule has 1 aromatic rings. The molecule has 94 valence electrons. The molecule has 17 heavy (non-hydrogen) atoms. The number of fused-ring (bicyclic) bond motifs is 1. The van der Waals surface area contributed by atoms with Crippen molar-refractivity contribution in [2.24, 2.45) is 5.41 Å². The lowest BCUT2D eigenvalue weighted by Gasteiger charge is -2.37. The lowest BCUT2D eigenvalue weighted by molar-refractivity contribution is 0.130.